The molecule has 0 saturated carbocycles. The standard InChI is InChI=1S/C13H15BrFNO2/c1-8(11-3-2-10(15)6-12(11)14)16-5-4-9(7-16)13(17)18/h2-3,6,8-9H,4-5,7H2,1H3,(H,17,18). The number of carboxylic acids is 1. The average molecular weight is 316 g/mol. The van der Waals surface area contributed by atoms with Gasteiger partial charge in [0.25, 0.3) is 0 Å². The van der Waals surface area contributed by atoms with Crippen molar-refractivity contribution in [3.05, 3.63) is 34.1 Å². The van der Waals surface area contributed by atoms with Crippen LogP contribution in [0.4, 0.5) is 4.39 Å². The Kier molecular flexibility index (Phi) is 4.02. The second kappa shape index (κ2) is 5.36. The predicted molar refractivity (Wildman–Crippen MR) is 69.8 cm³/mol. The lowest BCUT2D eigenvalue weighted by atomic mass is 10.1. The summed E-state index contributed by atoms with van der Waals surface area (Å²) in [6.07, 6.45) is 0.679. The van der Waals surface area contributed by atoms with E-state index in [1.54, 1.807) is 6.07 Å². The Bertz CT molecular complexity index is 466. The van der Waals surface area contributed by atoms with Crippen molar-refractivity contribution in [3.63, 3.8) is 0 Å². The first-order chi connectivity index (χ1) is 8.49. The Balaban J connectivity index is 2.12. The fraction of sp³-hybridized carbons (Fsp3) is 0.462. The molecule has 0 aromatic heterocycles. The second-order valence-corrected chi connectivity index (χ2v) is 5.51. The maximum atomic E-state index is 13.0. The van der Waals surface area contributed by atoms with Crippen molar-refractivity contribution in [3.8, 4) is 0 Å². The van der Waals surface area contributed by atoms with Crippen molar-refractivity contribution in [1.29, 1.82) is 0 Å². The zero-order chi connectivity index (χ0) is 13.3. The Morgan fingerprint density at radius 1 is 1.61 bits per heavy atom. The zero-order valence-corrected chi connectivity index (χ0v) is 11.7. The third-order valence-electron chi connectivity index (χ3n) is 3.53. The third-order valence-corrected chi connectivity index (χ3v) is 4.22. The summed E-state index contributed by atoms with van der Waals surface area (Å²) in [5.41, 5.74) is 0.988. The topological polar surface area (TPSA) is 40.5 Å². The van der Waals surface area contributed by atoms with E-state index in [9.17, 15) is 9.18 Å². The first-order valence-electron chi connectivity index (χ1n) is 5.91. The summed E-state index contributed by atoms with van der Waals surface area (Å²) in [6, 6.07) is 4.71. The maximum absolute atomic E-state index is 13.0. The monoisotopic (exact) mass is 315 g/mol. The number of aliphatic carboxylic acids is 1. The summed E-state index contributed by atoms with van der Waals surface area (Å²) in [5.74, 6) is -1.29. The molecule has 1 N–H and O–H groups in total. The number of carbonyl (C=O) groups is 1. The molecule has 2 unspecified atom stereocenters. The van der Waals surface area contributed by atoms with Gasteiger partial charge < -0.3 is 5.11 Å². The normalized spacial score (nSPS) is 22.1. The maximum Gasteiger partial charge on any atom is 0.307 e. The zero-order valence-electron chi connectivity index (χ0n) is 10.1. The van der Waals surface area contributed by atoms with Crippen LogP contribution in [0.3, 0.4) is 0 Å². The second-order valence-electron chi connectivity index (χ2n) is 4.66. The summed E-state index contributed by atoms with van der Waals surface area (Å²) >= 11 is 3.36. The largest absolute Gasteiger partial charge is 0.481 e. The van der Waals surface area contributed by atoms with Gasteiger partial charge in [-0.3, -0.25) is 9.69 Å². The molecule has 0 amide bonds. The minimum Gasteiger partial charge on any atom is -0.481 e. The molecule has 1 aromatic carbocycles. The highest BCUT2D eigenvalue weighted by Gasteiger charge is 2.31. The quantitative estimate of drug-likeness (QED) is 0.932. The van der Waals surface area contributed by atoms with Crippen LogP contribution in [-0.2, 0) is 4.79 Å². The molecule has 0 radical (unpaired) electrons. The van der Waals surface area contributed by atoms with E-state index >= 15 is 0 Å². The highest BCUT2D eigenvalue weighted by atomic mass is 79.9. The first kappa shape index (κ1) is 13.5. The Morgan fingerprint density at radius 2 is 2.33 bits per heavy atom. The Hall–Kier alpha value is -0.940. The number of likely N-dealkylation sites (tertiary alicyclic amines) is 1. The molecule has 1 heterocycles. The van der Waals surface area contributed by atoms with Gasteiger partial charge in [-0.2, -0.15) is 0 Å². The molecule has 2 rings (SSSR count). The smallest absolute Gasteiger partial charge is 0.307 e. The van der Waals surface area contributed by atoms with Crippen LogP contribution in [0, 0.1) is 11.7 Å². The average Bonchev–Trinajstić information content (AvgIpc) is 2.77. The van der Waals surface area contributed by atoms with Gasteiger partial charge in [0.2, 0.25) is 0 Å². The number of carboxylic acid groups (broad SMARTS) is 1. The van der Waals surface area contributed by atoms with Crippen LogP contribution >= 0.6 is 15.9 Å². The molecule has 3 nitrogen and oxygen atoms in total. The van der Waals surface area contributed by atoms with Gasteiger partial charge in [0.05, 0.1) is 5.92 Å². The molecule has 0 aliphatic carbocycles. The van der Waals surface area contributed by atoms with Crippen LogP contribution in [0.5, 0.6) is 0 Å². The SMILES string of the molecule is CC(c1ccc(F)cc1Br)N1CCC(C(=O)O)C1. The number of hydrogen-bond acceptors (Lipinski definition) is 2. The van der Waals surface area contributed by atoms with E-state index < -0.39 is 5.97 Å². The lowest BCUT2D eigenvalue weighted by molar-refractivity contribution is -0.141. The van der Waals surface area contributed by atoms with E-state index in [1.807, 2.05) is 6.92 Å². The number of benzene rings is 1. The van der Waals surface area contributed by atoms with Crippen molar-refractivity contribution in [2.75, 3.05) is 13.1 Å². The molecule has 1 aromatic rings. The lowest BCUT2D eigenvalue weighted by Crippen LogP contribution is -2.26. The van der Waals surface area contributed by atoms with Gasteiger partial charge in [-0.1, -0.05) is 22.0 Å². The summed E-state index contributed by atoms with van der Waals surface area (Å²) in [4.78, 5) is 13.1. The van der Waals surface area contributed by atoms with Crippen molar-refractivity contribution >= 4 is 21.9 Å². The summed E-state index contributed by atoms with van der Waals surface area (Å²) < 4.78 is 13.8. The van der Waals surface area contributed by atoms with Gasteiger partial charge in [-0.25, -0.2) is 4.39 Å². The molecule has 5 heteroatoms. The lowest BCUT2D eigenvalue weighted by Gasteiger charge is -2.25. The summed E-state index contributed by atoms with van der Waals surface area (Å²) in [7, 11) is 0. The number of hydrogen-bond donors (Lipinski definition) is 1. The number of nitrogens with zero attached hydrogens (tertiary/aromatic N) is 1. The Morgan fingerprint density at radius 3 is 2.89 bits per heavy atom. The molecule has 1 fully saturated rings. The van der Waals surface area contributed by atoms with Crippen LogP contribution in [0.2, 0.25) is 0 Å². The number of halogens is 2. The molecule has 0 spiro atoms. The molecule has 0 bridgehead atoms. The van der Waals surface area contributed by atoms with E-state index in [4.69, 9.17) is 5.11 Å². The predicted octanol–water partition coefficient (Wildman–Crippen LogP) is 3.06. The van der Waals surface area contributed by atoms with Crippen LogP contribution in [0.15, 0.2) is 22.7 Å². The molecule has 2 atom stereocenters. The van der Waals surface area contributed by atoms with Crippen LogP contribution in [0.25, 0.3) is 0 Å². The van der Waals surface area contributed by atoms with Crippen molar-refractivity contribution < 1.29 is 14.3 Å². The summed E-state index contributed by atoms with van der Waals surface area (Å²) in [5, 5.41) is 8.99. The summed E-state index contributed by atoms with van der Waals surface area (Å²) in [6.45, 7) is 3.34. The van der Waals surface area contributed by atoms with E-state index in [0.29, 0.717) is 13.0 Å². The van der Waals surface area contributed by atoms with Gasteiger partial charge in [0.15, 0.2) is 0 Å². The van der Waals surface area contributed by atoms with E-state index in [1.165, 1.54) is 12.1 Å². The van der Waals surface area contributed by atoms with E-state index in [-0.39, 0.29) is 17.8 Å². The van der Waals surface area contributed by atoms with Gasteiger partial charge in [0, 0.05) is 17.1 Å². The molecule has 1 saturated heterocycles. The van der Waals surface area contributed by atoms with Gasteiger partial charge >= 0.3 is 5.97 Å². The minimum atomic E-state index is -0.733. The Labute approximate surface area is 114 Å². The van der Waals surface area contributed by atoms with Gasteiger partial charge in [0.1, 0.15) is 5.82 Å². The molecule has 1 aliphatic heterocycles. The van der Waals surface area contributed by atoms with Crippen LogP contribution < -0.4 is 0 Å². The van der Waals surface area contributed by atoms with Crippen molar-refractivity contribution in [2.45, 2.75) is 19.4 Å². The fourth-order valence-electron chi connectivity index (χ4n) is 2.38. The number of rotatable bonds is 3. The molecule has 1 aliphatic rings. The first-order valence-corrected chi connectivity index (χ1v) is 6.70. The molecular formula is C13H15BrFNO2. The van der Waals surface area contributed by atoms with Crippen molar-refractivity contribution in [1.82, 2.24) is 4.90 Å². The van der Waals surface area contributed by atoms with Crippen LogP contribution in [0.1, 0.15) is 24.9 Å². The van der Waals surface area contributed by atoms with E-state index in [0.717, 1.165) is 16.6 Å². The molecule has 18 heavy (non-hydrogen) atoms. The highest BCUT2D eigenvalue weighted by molar-refractivity contribution is 9.10. The van der Waals surface area contributed by atoms with Crippen LogP contribution in [-0.4, -0.2) is 29.1 Å². The minimum absolute atomic E-state index is 0.0873. The van der Waals surface area contributed by atoms with Crippen molar-refractivity contribution in [2.24, 2.45) is 5.92 Å². The fourth-order valence-corrected chi connectivity index (χ4v) is 3.06. The van der Waals surface area contributed by atoms with E-state index in [2.05, 4.69) is 20.8 Å². The third kappa shape index (κ3) is 2.72. The van der Waals surface area contributed by atoms with Gasteiger partial charge in [-0.15, -0.1) is 0 Å². The molecule has 98 valence electrons. The van der Waals surface area contributed by atoms with Gasteiger partial charge in [-0.05, 0) is 37.6 Å². The molecular weight excluding hydrogens is 301 g/mol. The highest BCUT2D eigenvalue weighted by Crippen LogP contribution is 2.32.